The second-order valence-corrected chi connectivity index (χ2v) is 9.33. The van der Waals surface area contributed by atoms with Crippen molar-refractivity contribution in [1.29, 1.82) is 0 Å². The van der Waals surface area contributed by atoms with Gasteiger partial charge in [0.25, 0.3) is 11.8 Å². The number of hydrogen-bond acceptors (Lipinski definition) is 4. The minimum absolute atomic E-state index is 0.185. The van der Waals surface area contributed by atoms with Crippen LogP contribution in [-0.2, 0) is 0 Å². The SMILES string of the molecule is CCCN(C)C(=O)c1nc(N(C(=O)c2ccc(Cl)cc2Cl)c2ccc(Cl)cc2)sc1C. The van der Waals surface area contributed by atoms with Crippen LogP contribution >= 0.6 is 46.1 Å². The van der Waals surface area contributed by atoms with E-state index >= 15 is 0 Å². The van der Waals surface area contributed by atoms with Crippen molar-refractivity contribution < 1.29 is 9.59 Å². The Morgan fingerprint density at radius 1 is 1.00 bits per heavy atom. The normalized spacial score (nSPS) is 10.8. The highest BCUT2D eigenvalue weighted by atomic mass is 35.5. The van der Waals surface area contributed by atoms with Crippen molar-refractivity contribution in [2.75, 3.05) is 18.5 Å². The van der Waals surface area contributed by atoms with Gasteiger partial charge in [-0.2, -0.15) is 0 Å². The molecule has 0 aliphatic carbocycles. The smallest absolute Gasteiger partial charge is 0.273 e. The zero-order chi connectivity index (χ0) is 22.7. The van der Waals surface area contributed by atoms with E-state index in [1.54, 1.807) is 48.3 Å². The van der Waals surface area contributed by atoms with Crippen LogP contribution in [0, 0.1) is 6.92 Å². The zero-order valence-electron chi connectivity index (χ0n) is 17.2. The van der Waals surface area contributed by atoms with E-state index in [9.17, 15) is 9.59 Å². The first-order valence-corrected chi connectivity index (χ1v) is 11.5. The number of aromatic nitrogens is 1. The van der Waals surface area contributed by atoms with Crippen molar-refractivity contribution >= 4 is 68.8 Å². The summed E-state index contributed by atoms with van der Waals surface area (Å²) in [6.07, 6.45) is 0.836. The van der Waals surface area contributed by atoms with E-state index in [4.69, 9.17) is 34.8 Å². The van der Waals surface area contributed by atoms with Crippen LogP contribution in [-0.4, -0.2) is 35.3 Å². The van der Waals surface area contributed by atoms with Gasteiger partial charge in [-0.1, -0.05) is 41.7 Å². The predicted molar refractivity (Wildman–Crippen MR) is 128 cm³/mol. The first kappa shape index (κ1) is 23.5. The summed E-state index contributed by atoms with van der Waals surface area (Å²) in [5, 5.41) is 1.55. The summed E-state index contributed by atoms with van der Waals surface area (Å²) in [5.74, 6) is -0.575. The lowest BCUT2D eigenvalue weighted by molar-refractivity contribution is 0.0789. The van der Waals surface area contributed by atoms with Crippen LogP contribution in [0.5, 0.6) is 0 Å². The number of aryl methyl sites for hydroxylation is 1. The Kier molecular flexibility index (Phi) is 7.59. The first-order valence-electron chi connectivity index (χ1n) is 9.51. The minimum atomic E-state index is -0.390. The van der Waals surface area contributed by atoms with Gasteiger partial charge in [-0.3, -0.25) is 14.5 Å². The summed E-state index contributed by atoms with van der Waals surface area (Å²) in [5.41, 5.74) is 1.14. The predicted octanol–water partition coefficient (Wildman–Crippen LogP) is 6.87. The number of nitrogens with zero attached hydrogens (tertiary/aromatic N) is 3. The maximum absolute atomic E-state index is 13.5. The maximum atomic E-state index is 13.5. The molecule has 0 unspecified atom stereocenters. The second-order valence-electron chi connectivity index (χ2n) is 6.87. The third-order valence-corrected chi connectivity index (χ3v) is 6.29. The summed E-state index contributed by atoms with van der Waals surface area (Å²) >= 11 is 19.6. The number of benzene rings is 2. The van der Waals surface area contributed by atoms with E-state index in [-0.39, 0.29) is 16.5 Å². The molecule has 2 amide bonds. The van der Waals surface area contributed by atoms with Gasteiger partial charge in [0.2, 0.25) is 0 Å². The summed E-state index contributed by atoms with van der Waals surface area (Å²) in [6.45, 7) is 4.43. The van der Waals surface area contributed by atoms with Gasteiger partial charge in [0.1, 0.15) is 5.69 Å². The molecule has 0 saturated carbocycles. The molecule has 1 aromatic heterocycles. The molecular weight excluding hydrogens is 477 g/mol. The molecule has 0 spiro atoms. The van der Waals surface area contributed by atoms with Crippen LogP contribution in [0.1, 0.15) is 39.1 Å². The van der Waals surface area contributed by atoms with E-state index in [1.807, 2.05) is 13.8 Å². The fraction of sp³-hybridized carbons (Fsp3) is 0.227. The number of amides is 2. The molecule has 0 bridgehead atoms. The highest BCUT2D eigenvalue weighted by molar-refractivity contribution is 7.16. The summed E-state index contributed by atoms with van der Waals surface area (Å²) in [6, 6.07) is 11.5. The lowest BCUT2D eigenvalue weighted by Crippen LogP contribution is -2.29. The van der Waals surface area contributed by atoms with E-state index < -0.39 is 5.91 Å². The Hall–Kier alpha value is -2.12. The van der Waals surface area contributed by atoms with Gasteiger partial charge in [0.15, 0.2) is 5.13 Å². The molecule has 0 saturated heterocycles. The van der Waals surface area contributed by atoms with Crippen molar-refractivity contribution in [2.24, 2.45) is 0 Å². The van der Waals surface area contributed by atoms with Gasteiger partial charge in [-0.05, 0) is 55.8 Å². The second kappa shape index (κ2) is 10.0. The van der Waals surface area contributed by atoms with E-state index in [1.165, 1.54) is 22.3 Å². The number of anilines is 2. The third kappa shape index (κ3) is 5.21. The highest BCUT2D eigenvalue weighted by Crippen LogP contribution is 2.35. The van der Waals surface area contributed by atoms with Gasteiger partial charge in [0, 0.05) is 28.5 Å². The highest BCUT2D eigenvalue weighted by Gasteiger charge is 2.28. The average molecular weight is 497 g/mol. The lowest BCUT2D eigenvalue weighted by atomic mass is 10.2. The Morgan fingerprint density at radius 2 is 1.65 bits per heavy atom. The Labute approximate surface area is 200 Å². The molecule has 0 aliphatic rings. The maximum Gasteiger partial charge on any atom is 0.273 e. The van der Waals surface area contributed by atoms with E-state index in [2.05, 4.69) is 4.98 Å². The molecule has 0 aliphatic heterocycles. The van der Waals surface area contributed by atoms with Crippen molar-refractivity contribution in [3.8, 4) is 0 Å². The van der Waals surface area contributed by atoms with Gasteiger partial charge in [-0.15, -0.1) is 11.3 Å². The Bertz CT molecular complexity index is 1120. The van der Waals surface area contributed by atoms with Crippen molar-refractivity contribution in [1.82, 2.24) is 9.88 Å². The fourth-order valence-corrected chi connectivity index (χ4v) is 4.52. The van der Waals surface area contributed by atoms with Crippen LogP contribution in [0.2, 0.25) is 15.1 Å². The first-order chi connectivity index (χ1) is 14.7. The minimum Gasteiger partial charge on any atom is -0.340 e. The summed E-state index contributed by atoms with van der Waals surface area (Å²) in [7, 11) is 1.74. The number of hydrogen-bond donors (Lipinski definition) is 0. The van der Waals surface area contributed by atoms with E-state index in [0.717, 1.165) is 11.3 Å². The molecular formula is C22H20Cl3N3O2S. The van der Waals surface area contributed by atoms with Gasteiger partial charge < -0.3 is 4.90 Å². The molecule has 5 nitrogen and oxygen atoms in total. The molecule has 9 heteroatoms. The van der Waals surface area contributed by atoms with Crippen LogP contribution < -0.4 is 4.90 Å². The average Bonchev–Trinajstić information content (AvgIpc) is 3.10. The van der Waals surface area contributed by atoms with Gasteiger partial charge in [0.05, 0.1) is 16.3 Å². The number of rotatable bonds is 6. The largest absolute Gasteiger partial charge is 0.340 e. The molecule has 0 fully saturated rings. The molecule has 0 atom stereocenters. The number of carbonyl (C=O) groups excluding carboxylic acids is 2. The van der Waals surface area contributed by atoms with Crippen LogP contribution in [0.3, 0.4) is 0 Å². The lowest BCUT2D eigenvalue weighted by Gasteiger charge is -2.21. The molecule has 2 aromatic carbocycles. The summed E-state index contributed by atoms with van der Waals surface area (Å²) < 4.78 is 0. The van der Waals surface area contributed by atoms with E-state index in [0.29, 0.717) is 33.1 Å². The number of halogens is 3. The molecule has 0 N–H and O–H groups in total. The molecule has 162 valence electrons. The monoisotopic (exact) mass is 495 g/mol. The summed E-state index contributed by atoms with van der Waals surface area (Å²) in [4.78, 5) is 34.7. The number of thiazole rings is 1. The Balaban J connectivity index is 2.09. The molecule has 1 heterocycles. The Morgan fingerprint density at radius 3 is 2.26 bits per heavy atom. The fourth-order valence-electron chi connectivity index (χ4n) is 2.98. The van der Waals surface area contributed by atoms with Crippen molar-refractivity contribution in [3.05, 3.63) is 73.7 Å². The van der Waals surface area contributed by atoms with Crippen molar-refractivity contribution in [3.63, 3.8) is 0 Å². The van der Waals surface area contributed by atoms with Crippen LogP contribution in [0.25, 0.3) is 0 Å². The van der Waals surface area contributed by atoms with Crippen LogP contribution in [0.15, 0.2) is 42.5 Å². The van der Waals surface area contributed by atoms with Gasteiger partial charge in [-0.25, -0.2) is 4.98 Å². The standard InChI is InChI=1S/C22H20Cl3N3O2S/c1-4-11-27(3)21(30)19-13(2)31-22(26-19)28(16-8-5-14(23)6-9-16)20(29)17-10-7-15(24)12-18(17)25/h5-10,12H,4,11H2,1-3H3. The molecule has 0 radical (unpaired) electrons. The van der Waals surface area contributed by atoms with Gasteiger partial charge >= 0.3 is 0 Å². The molecule has 3 rings (SSSR count). The van der Waals surface area contributed by atoms with Crippen molar-refractivity contribution in [2.45, 2.75) is 20.3 Å². The third-order valence-electron chi connectivity index (χ3n) is 4.53. The molecule has 3 aromatic rings. The molecule has 31 heavy (non-hydrogen) atoms. The topological polar surface area (TPSA) is 53.5 Å². The number of carbonyl (C=O) groups is 2. The van der Waals surface area contributed by atoms with Crippen LogP contribution in [0.4, 0.5) is 10.8 Å². The zero-order valence-corrected chi connectivity index (χ0v) is 20.2. The quantitative estimate of drug-likeness (QED) is 0.374.